The van der Waals surface area contributed by atoms with E-state index in [9.17, 15) is 4.79 Å². The highest BCUT2D eigenvalue weighted by Gasteiger charge is 2.34. The Balaban J connectivity index is 1.55. The Morgan fingerprint density at radius 1 is 1.11 bits per heavy atom. The van der Waals surface area contributed by atoms with Gasteiger partial charge in [0.2, 0.25) is 5.91 Å². The van der Waals surface area contributed by atoms with Gasteiger partial charge in [-0.15, -0.1) is 0 Å². The zero-order chi connectivity index (χ0) is 19.7. The highest BCUT2D eigenvalue weighted by Crippen LogP contribution is 2.34. The van der Waals surface area contributed by atoms with Gasteiger partial charge in [0.25, 0.3) is 5.89 Å². The monoisotopic (exact) mass is 399 g/mol. The van der Waals surface area contributed by atoms with E-state index in [1.165, 1.54) is 0 Å². The molecule has 28 heavy (non-hydrogen) atoms. The van der Waals surface area contributed by atoms with Crippen molar-refractivity contribution in [3.63, 3.8) is 0 Å². The fourth-order valence-electron chi connectivity index (χ4n) is 3.24. The first-order valence-electron chi connectivity index (χ1n) is 8.71. The van der Waals surface area contributed by atoms with Gasteiger partial charge in [0.15, 0.2) is 17.3 Å². The zero-order valence-corrected chi connectivity index (χ0v) is 16.1. The smallest absolute Gasteiger partial charge is 0.258 e. The van der Waals surface area contributed by atoms with E-state index in [1.54, 1.807) is 43.4 Å². The molecule has 4 rings (SSSR count). The van der Waals surface area contributed by atoms with Crippen molar-refractivity contribution in [2.45, 2.75) is 12.3 Å². The molecule has 1 saturated heterocycles. The van der Waals surface area contributed by atoms with Gasteiger partial charge < -0.3 is 18.9 Å². The van der Waals surface area contributed by atoms with Crippen LogP contribution < -0.4 is 14.4 Å². The Morgan fingerprint density at radius 3 is 2.57 bits per heavy atom. The van der Waals surface area contributed by atoms with Crippen molar-refractivity contribution in [3.8, 4) is 23.0 Å². The van der Waals surface area contributed by atoms with Crippen LogP contribution in [0.2, 0.25) is 5.02 Å². The van der Waals surface area contributed by atoms with Crippen LogP contribution in [0.5, 0.6) is 11.5 Å². The fraction of sp³-hybridized carbons (Fsp3) is 0.250. The number of ether oxygens (including phenoxy) is 2. The maximum absolute atomic E-state index is 12.5. The van der Waals surface area contributed by atoms with Crippen LogP contribution in [0.3, 0.4) is 0 Å². The van der Waals surface area contributed by atoms with Crippen molar-refractivity contribution in [2.24, 2.45) is 0 Å². The quantitative estimate of drug-likeness (QED) is 0.647. The van der Waals surface area contributed by atoms with Crippen molar-refractivity contribution >= 4 is 23.2 Å². The van der Waals surface area contributed by atoms with E-state index in [4.69, 9.17) is 25.6 Å². The molecule has 1 unspecified atom stereocenters. The van der Waals surface area contributed by atoms with Gasteiger partial charge in [-0.1, -0.05) is 16.8 Å². The lowest BCUT2D eigenvalue weighted by Crippen LogP contribution is -2.24. The lowest BCUT2D eigenvalue weighted by Gasteiger charge is -2.16. The second kappa shape index (κ2) is 7.52. The number of halogens is 1. The summed E-state index contributed by atoms with van der Waals surface area (Å²) in [6, 6.07) is 12.6. The number of benzene rings is 2. The second-order valence-electron chi connectivity index (χ2n) is 6.41. The van der Waals surface area contributed by atoms with Gasteiger partial charge in [0.1, 0.15) is 0 Å². The first-order valence-corrected chi connectivity index (χ1v) is 9.08. The van der Waals surface area contributed by atoms with Crippen LogP contribution in [0.1, 0.15) is 18.2 Å². The van der Waals surface area contributed by atoms with Crippen LogP contribution >= 0.6 is 11.6 Å². The maximum atomic E-state index is 12.5. The Hall–Kier alpha value is -3.06. The van der Waals surface area contributed by atoms with Gasteiger partial charge in [0, 0.05) is 35.2 Å². The fourth-order valence-corrected chi connectivity index (χ4v) is 3.36. The van der Waals surface area contributed by atoms with Crippen molar-refractivity contribution in [3.05, 3.63) is 53.3 Å². The maximum Gasteiger partial charge on any atom is 0.258 e. The predicted molar refractivity (Wildman–Crippen MR) is 104 cm³/mol. The van der Waals surface area contributed by atoms with Gasteiger partial charge >= 0.3 is 0 Å². The number of amides is 1. The third kappa shape index (κ3) is 3.41. The molecule has 0 radical (unpaired) electrons. The molecule has 144 valence electrons. The van der Waals surface area contributed by atoms with E-state index in [1.807, 2.05) is 18.2 Å². The van der Waals surface area contributed by atoms with E-state index in [0.29, 0.717) is 41.2 Å². The van der Waals surface area contributed by atoms with Gasteiger partial charge in [-0.3, -0.25) is 4.79 Å². The number of hydrogen-bond donors (Lipinski definition) is 0. The number of nitrogens with zero attached hydrogens (tertiary/aromatic N) is 3. The minimum Gasteiger partial charge on any atom is -0.493 e. The molecule has 0 N–H and O–H groups in total. The summed E-state index contributed by atoms with van der Waals surface area (Å²) < 4.78 is 16.0. The Morgan fingerprint density at radius 2 is 1.86 bits per heavy atom. The summed E-state index contributed by atoms with van der Waals surface area (Å²) in [6.07, 6.45) is 0.327. The topological polar surface area (TPSA) is 77.7 Å². The largest absolute Gasteiger partial charge is 0.493 e. The number of carbonyl (C=O) groups is 1. The predicted octanol–water partition coefficient (Wildman–Crippen LogP) is 3.93. The third-order valence-electron chi connectivity index (χ3n) is 4.70. The van der Waals surface area contributed by atoms with Crippen LogP contribution in [0.4, 0.5) is 5.69 Å². The minimum atomic E-state index is -0.138. The summed E-state index contributed by atoms with van der Waals surface area (Å²) >= 11 is 5.93. The lowest BCUT2D eigenvalue weighted by molar-refractivity contribution is -0.117. The average molecular weight is 400 g/mol. The van der Waals surface area contributed by atoms with Crippen LogP contribution in [-0.4, -0.2) is 36.8 Å². The average Bonchev–Trinajstić information content (AvgIpc) is 3.35. The highest BCUT2D eigenvalue weighted by atomic mass is 35.5. The molecule has 8 heteroatoms. The molecular weight excluding hydrogens is 382 g/mol. The molecule has 0 spiro atoms. The van der Waals surface area contributed by atoms with Crippen molar-refractivity contribution in [2.75, 3.05) is 25.7 Å². The number of anilines is 1. The summed E-state index contributed by atoms with van der Waals surface area (Å²) in [5.74, 6) is 1.95. The summed E-state index contributed by atoms with van der Waals surface area (Å²) in [5, 5.41) is 4.72. The van der Waals surface area contributed by atoms with E-state index in [0.717, 1.165) is 11.3 Å². The van der Waals surface area contributed by atoms with Crippen molar-refractivity contribution in [1.29, 1.82) is 0 Å². The van der Waals surface area contributed by atoms with Crippen LogP contribution in [0.15, 0.2) is 47.0 Å². The van der Waals surface area contributed by atoms with Crippen molar-refractivity contribution < 1.29 is 18.8 Å². The van der Waals surface area contributed by atoms with Gasteiger partial charge in [0.05, 0.1) is 14.2 Å². The highest BCUT2D eigenvalue weighted by molar-refractivity contribution is 6.30. The molecule has 0 aliphatic carbocycles. The molecule has 2 heterocycles. The summed E-state index contributed by atoms with van der Waals surface area (Å²) in [6.45, 7) is 0.491. The van der Waals surface area contributed by atoms with Crippen LogP contribution in [0.25, 0.3) is 11.5 Å². The molecule has 0 bridgehead atoms. The first kappa shape index (κ1) is 18.3. The van der Waals surface area contributed by atoms with E-state index in [-0.39, 0.29) is 11.8 Å². The number of aromatic nitrogens is 2. The molecule has 1 atom stereocenters. The Kier molecular flexibility index (Phi) is 4.92. The summed E-state index contributed by atoms with van der Waals surface area (Å²) in [5.41, 5.74) is 1.52. The zero-order valence-electron chi connectivity index (χ0n) is 15.4. The van der Waals surface area contributed by atoms with Crippen LogP contribution in [-0.2, 0) is 4.79 Å². The first-order chi connectivity index (χ1) is 13.6. The van der Waals surface area contributed by atoms with Crippen LogP contribution in [0, 0.1) is 0 Å². The number of hydrogen-bond acceptors (Lipinski definition) is 6. The van der Waals surface area contributed by atoms with E-state index < -0.39 is 0 Å². The minimum absolute atomic E-state index is 0.0183. The molecule has 7 nitrogen and oxygen atoms in total. The number of methoxy groups -OCH3 is 2. The molecule has 3 aromatic rings. The molecule has 1 aromatic heterocycles. The number of carbonyl (C=O) groups excluding carboxylic acids is 1. The standard InChI is InChI=1S/C20H18ClN3O4/c1-26-16-8-3-12(9-17(16)27-2)20-22-19(23-28-20)13-10-18(25)24(11-13)15-6-4-14(21)5-7-15/h3-9,13H,10-11H2,1-2H3. The molecular formula is C20H18ClN3O4. The molecule has 1 amide bonds. The van der Waals surface area contributed by atoms with Gasteiger partial charge in [-0.25, -0.2) is 0 Å². The van der Waals surface area contributed by atoms with Gasteiger partial charge in [-0.05, 0) is 42.5 Å². The van der Waals surface area contributed by atoms with Gasteiger partial charge in [-0.2, -0.15) is 4.98 Å². The molecule has 1 aliphatic heterocycles. The second-order valence-corrected chi connectivity index (χ2v) is 6.85. The molecule has 1 aliphatic rings. The third-order valence-corrected chi connectivity index (χ3v) is 4.95. The summed E-state index contributed by atoms with van der Waals surface area (Å²) in [4.78, 5) is 18.7. The molecule has 0 saturated carbocycles. The Bertz CT molecular complexity index is 1000. The van der Waals surface area contributed by atoms with E-state index in [2.05, 4.69) is 10.1 Å². The van der Waals surface area contributed by atoms with Crippen molar-refractivity contribution in [1.82, 2.24) is 10.1 Å². The lowest BCUT2D eigenvalue weighted by atomic mass is 10.1. The van der Waals surface area contributed by atoms with E-state index >= 15 is 0 Å². The Labute approximate surface area is 166 Å². The SMILES string of the molecule is COc1ccc(-c2nc(C3CC(=O)N(c4ccc(Cl)cc4)C3)no2)cc1OC. The normalized spacial score (nSPS) is 16.5. The summed E-state index contributed by atoms with van der Waals surface area (Å²) in [7, 11) is 3.14. The molecule has 2 aromatic carbocycles. The molecule has 1 fully saturated rings. The number of rotatable bonds is 5.